The molecule has 0 aliphatic heterocycles. The van der Waals surface area contributed by atoms with E-state index in [0.717, 1.165) is 5.69 Å². The summed E-state index contributed by atoms with van der Waals surface area (Å²) >= 11 is 0. The van der Waals surface area contributed by atoms with E-state index >= 15 is 0 Å². The Hall–Kier alpha value is -2.11. The average Bonchev–Trinajstić information content (AvgIpc) is 2.57. The van der Waals surface area contributed by atoms with Gasteiger partial charge in [-0.1, -0.05) is 0 Å². The molecule has 2 aromatic heterocycles. The first-order valence-corrected chi connectivity index (χ1v) is 5.37. The lowest BCUT2D eigenvalue weighted by molar-refractivity contribution is 0.231. The van der Waals surface area contributed by atoms with Crippen LogP contribution < -0.4 is 10.5 Å². The molecule has 0 saturated heterocycles. The van der Waals surface area contributed by atoms with Crippen LogP contribution in [0.25, 0.3) is 5.82 Å². The molecule has 2 heterocycles. The number of aryl methyl sites for hydroxylation is 1. The molecular formula is C11H15N5O. The SMILES string of the molecule is Cc1cc(N)nn1-c1cncc(OC(C)C)n1. The molecule has 0 atom stereocenters. The first-order valence-electron chi connectivity index (χ1n) is 5.37. The maximum Gasteiger partial charge on any atom is 0.234 e. The predicted octanol–water partition coefficient (Wildman–Crippen LogP) is 1.34. The standard InChI is InChI=1S/C11H15N5O/c1-7(2)17-11-6-13-5-10(14-11)16-8(3)4-9(12)15-16/h4-7H,1-3H3,(H2,12,15). The number of hydrogen-bond donors (Lipinski definition) is 1. The summed E-state index contributed by atoms with van der Waals surface area (Å²) in [6, 6.07) is 1.78. The molecule has 90 valence electrons. The number of nitrogen functional groups attached to an aromatic ring is 1. The van der Waals surface area contributed by atoms with Crippen molar-refractivity contribution in [2.24, 2.45) is 0 Å². The highest BCUT2D eigenvalue weighted by atomic mass is 16.5. The van der Waals surface area contributed by atoms with Crippen LogP contribution in [0.3, 0.4) is 0 Å². The van der Waals surface area contributed by atoms with Crippen LogP contribution in [0.15, 0.2) is 18.5 Å². The van der Waals surface area contributed by atoms with Gasteiger partial charge in [0.05, 0.1) is 18.5 Å². The van der Waals surface area contributed by atoms with Crippen molar-refractivity contribution in [1.29, 1.82) is 0 Å². The highest BCUT2D eigenvalue weighted by Crippen LogP contribution is 2.13. The average molecular weight is 233 g/mol. The zero-order valence-corrected chi connectivity index (χ0v) is 10.1. The molecule has 0 aliphatic carbocycles. The summed E-state index contributed by atoms with van der Waals surface area (Å²) in [7, 11) is 0. The number of hydrogen-bond acceptors (Lipinski definition) is 5. The van der Waals surface area contributed by atoms with E-state index in [1.807, 2.05) is 20.8 Å². The number of ether oxygens (including phenoxy) is 1. The van der Waals surface area contributed by atoms with Gasteiger partial charge in [0.2, 0.25) is 5.88 Å². The highest BCUT2D eigenvalue weighted by Gasteiger charge is 2.08. The van der Waals surface area contributed by atoms with Crippen LogP contribution in [0, 0.1) is 6.92 Å². The van der Waals surface area contributed by atoms with Crippen LogP contribution in [-0.2, 0) is 0 Å². The van der Waals surface area contributed by atoms with E-state index in [9.17, 15) is 0 Å². The molecule has 0 aromatic carbocycles. The summed E-state index contributed by atoms with van der Waals surface area (Å²) in [4.78, 5) is 8.39. The molecule has 0 saturated carbocycles. The summed E-state index contributed by atoms with van der Waals surface area (Å²) in [6.45, 7) is 5.78. The third-order valence-corrected chi connectivity index (χ3v) is 2.08. The molecule has 2 N–H and O–H groups in total. The van der Waals surface area contributed by atoms with Crippen LogP contribution >= 0.6 is 0 Å². The number of nitrogens with zero attached hydrogens (tertiary/aromatic N) is 4. The largest absolute Gasteiger partial charge is 0.474 e. The topological polar surface area (TPSA) is 78.8 Å². The van der Waals surface area contributed by atoms with E-state index in [2.05, 4.69) is 15.1 Å². The molecule has 2 aromatic rings. The van der Waals surface area contributed by atoms with Gasteiger partial charge in [-0.15, -0.1) is 5.10 Å². The van der Waals surface area contributed by atoms with Gasteiger partial charge in [0.25, 0.3) is 0 Å². The van der Waals surface area contributed by atoms with Crippen LogP contribution in [0.5, 0.6) is 5.88 Å². The first kappa shape index (κ1) is 11.4. The number of aromatic nitrogens is 4. The van der Waals surface area contributed by atoms with Crippen LogP contribution in [0.1, 0.15) is 19.5 Å². The lowest BCUT2D eigenvalue weighted by atomic mass is 10.4. The summed E-state index contributed by atoms with van der Waals surface area (Å²) in [5, 5.41) is 4.14. The summed E-state index contributed by atoms with van der Waals surface area (Å²) in [5.41, 5.74) is 6.53. The second kappa shape index (κ2) is 4.40. The highest BCUT2D eigenvalue weighted by molar-refractivity contribution is 5.34. The molecular weight excluding hydrogens is 218 g/mol. The molecule has 0 spiro atoms. The smallest absolute Gasteiger partial charge is 0.234 e. The molecule has 6 nitrogen and oxygen atoms in total. The van der Waals surface area contributed by atoms with Crippen molar-refractivity contribution in [3.05, 3.63) is 24.2 Å². The fourth-order valence-electron chi connectivity index (χ4n) is 1.47. The van der Waals surface area contributed by atoms with Crippen LogP contribution in [-0.4, -0.2) is 25.9 Å². The van der Waals surface area contributed by atoms with E-state index in [0.29, 0.717) is 17.5 Å². The Bertz CT molecular complexity index is 520. The van der Waals surface area contributed by atoms with Crippen molar-refractivity contribution in [2.75, 3.05) is 5.73 Å². The van der Waals surface area contributed by atoms with E-state index in [-0.39, 0.29) is 6.10 Å². The maximum absolute atomic E-state index is 5.62. The Morgan fingerprint density at radius 1 is 1.35 bits per heavy atom. The zero-order valence-electron chi connectivity index (χ0n) is 10.1. The third kappa shape index (κ3) is 2.52. The summed E-state index contributed by atoms with van der Waals surface area (Å²) in [6.07, 6.45) is 3.25. The van der Waals surface area contributed by atoms with Gasteiger partial charge in [0.1, 0.15) is 5.82 Å². The molecule has 6 heteroatoms. The Balaban J connectivity index is 2.36. The minimum absolute atomic E-state index is 0.0586. The molecule has 0 radical (unpaired) electrons. The fourth-order valence-corrected chi connectivity index (χ4v) is 1.47. The van der Waals surface area contributed by atoms with E-state index < -0.39 is 0 Å². The lowest BCUT2D eigenvalue weighted by Gasteiger charge is -2.09. The monoisotopic (exact) mass is 233 g/mol. The van der Waals surface area contributed by atoms with Crippen molar-refractivity contribution >= 4 is 5.82 Å². The summed E-state index contributed by atoms with van der Waals surface area (Å²) < 4.78 is 7.11. The van der Waals surface area contributed by atoms with Gasteiger partial charge in [-0.2, -0.15) is 4.98 Å². The molecule has 0 bridgehead atoms. The van der Waals surface area contributed by atoms with Crippen molar-refractivity contribution < 1.29 is 4.74 Å². The van der Waals surface area contributed by atoms with E-state index in [4.69, 9.17) is 10.5 Å². The van der Waals surface area contributed by atoms with Crippen molar-refractivity contribution in [1.82, 2.24) is 19.7 Å². The van der Waals surface area contributed by atoms with Gasteiger partial charge in [0.15, 0.2) is 5.82 Å². The van der Waals surface area contributed by atoms with Gasteiger partial charge in [-0.05, 0) is 20.8 Å². The molecule has 0 amide bonds. The molecule has 2 rings (SSSR count). The van der Waals surface area contributed by atoms with Crippen molar-refractivity contribution in [2.45, 2.75) is 26.9 Å². The zero-order chi connectivity index (χ0) is 12.4. The second-order valence-electron chi connectivity index (χ2n) is 4.00. The Labute approximate surface area is 99.4 Å². The lowest BCUT2D eigenvalue weighted by Crippen LogP contribution is -2.09. The van der Waals surface area contributed by atoms with Crippen LogP contribution in [0.2, 0.25) is 0 Å². The minimum atomic E-state index is 0.0586. The van der Waals surface area contributed by atoms with Gasteiger partial charge >= 0.3 is 0 Å². The fraction of sp³-hybridized carbons (Fsp3) is 0.364. The minimum Gasteiger partial charge on any atom is -0.474 e. The Morgan fingerprint density at radius 3 is 2.71 bits per heavy atom. The van der Waals surface area contributed by atoms with Crippen molar-refractivity contribution in [3.63, 3.8) is 0 Å². The Morgan fingerprint density at radius 2 is 2.12 bits per heavy atom. The van der Waals surface area contributed by atoms with E-state index in [1.165, 1.54) is 0 Å². The quantitative estimate of drug-likeness (QED) is 0.865. The van der Waals surface area contributed by atoms with E-state index in [1.54, 1.807) is 23.1 Å². The van der Waals surface area contributed by atoms with Gasteiger partial charge in [-0.3, -0.25) is 4.98 Å². The Kier molecular flexibility index (Phi) is 2.95. The summed E-state index contributed by atoms with van der Waals surface area (Å²) in [5.74, 6) is 1.53. The van der Waals surface area contributed by atoms with Gasteiger partial charge in [0, 0.05) is 11.8 Å². The molecule has 0 aliphatic rings. The number of nitrogens with two attached hydrogens (primary N) is 1. The van der Waals surface area contributed by atoms with Crippen LogP contribution in [0.4, 0.5) is 5.82 Å². The number of anilines is 1. The number of rotatable bonds is 3. The van der Waals surface area contributed by atoms with Gasteiger partial charge in [-0.25, -0.2) is 4.68 Å². The predicted molar refractivity (Wildman–Crippen MR) is 64.1 cm³/mol. The normalized spacial score (nSPS) is 10.8. The van der Waals surface area contributed by atoms with Gasteiger partial charge < -0.3 is 10.5 Å². The molecule has 17 heavy (non-hydrogen) atoms. The first-order chi connectivity index (χ1) is 8.06. The third-order valence-electron chi connectivity index (χ3n) is 2.08. The molecule has 0 unspecified atom stereocenters. The maximum atomic E-state index is 5.62. The second-order valence-corrected chi connectivity index (χ2v) is 4.00. The molecule has 0 fully saturated rings. The van der Waals surface area contributed by atoms with Crippen molar-refractivity contribution in [3.8, 4) is 11.7 Å².